The van der Waals surface area contributed by atoms with Gasteiger partial charge < -0.3 is 20.1 Å². The van der Waals surface area contributed by atoms with E-state index >= 15 is 0 Å². The number of rotatable bonds is 7. The minimum Gasteiger partial charge on any atom is -0.497 e. The summed E-state index contributed by atoms with van der Waals surface area (Å²) >= 11 is 0. The fraction of sp³-hybridized carbons (Fsp3) is 0.650. The van der Waals surface area contributed by atoms with Crippen LogP contribution in [0.25, 0.3) is 0 Å². The van der Waals surface area contributed by atoms with Gasteiger partial charge in [0.05, 0.1) is 20.3 Å². The van der Waals surface area contributed by atoms with E-state index in [4.69, 9.17) is 9.47 Å². The number of piperidine rings is 1. The molecule has 1 fully saturated rings. The first kappa shape index (κ1) is 20.4. The highest BCUT2D eigenvalue weighted by Crippen LogP contribution is 2.29. The fourth-order valence-corrected chi connectivity index (χ4v) is 3.58. The largest absolute Gasteiger partial charge is 0.497 e. The third kappa shape index (κ3) is 5.27. The second-order valence-corrected chi connectivity index (χ2v) is 6.71. The van der Waals surface area contributed by atoms with Gasteiger partial charge in [-0.25, -0.2) is 0 Å². The van der Waals surface area contributed by atoms with E-state index in [0.29, 0.717) is 6.04 Å². The first-order valence-corrected chi connectivity index (χ1v) is 9.56. The summed E-state index contributed by atoms with van der Waals surface area (Å²) in [7, 11) is 5.17. The maximum absolute atomic E-state index is 5.50. The summed E-state index contributed by atoms with van der Waals surface area (Å²) in [5.41, 5.74) is 1.04. The van der Waals surface area contributed by atoms with Crippen LogP contribution in [0.15, 0.2) is 23.2 Å². The van der Waals surface area contributed by atoms with Crippen molar-refractivity contribution < 1.29 is 9.47 Å². The Labute approximate surface area is 158 Å². The predicted octanol–water partition coefficient (Wildman–Crippen LogP) is 2.80. The van der Waals surface area contributed by atoms with E-state index in [0.717, 1.165) is 36.1 Å². The monoisotopic (exact) mass is 362 g/mol. The molecule has 0 aliphatic carbocycles. The third-order valence-corrected chi connectivity index (χ3v) is 5.14. The van der Waals surface area contributed by atoms with Crippen molar-refractivity contribution in [3.05, 3.63) is 23.8 Å². The van der Waals surface area contributed by atoms with Crippen LogP contribution in [-0.2, 0) is 0 Å². The molecule has 6 nitrogen and oxygen atoms in total. The van der Waals surface area contributed by atoms with Gasteiger partial charge in [0.2, 0.25) is 0 Å². The van der Waals surface area contributed by atoms with E-state index in [-0.39, 0.29) is 6.04 Å². The van der Waals surface area contributed by atoms with Crippen LogP contribution in [0.2, 0.25) is 0 Å². The van der Waals surface area contributed by atoms with E-state index in [1.54, 1.807) is 14.2 Å². The second-order valence-electron chi connectivity index (χ2n) is 6.71. The second kappa shape index (κ2) is 10.3. The molecule has 2 atom stereocenters. The SMILES string of the molecule is CCN1CCCCC1CNC(=NC)NC(C)c1cc(OC)ccc1OC. The number of guanidine groups is 1. The molecule has 26 heavy (non-hydrogen) atoms. The maximum Gasteiger partial charge on any atom is 0.191 e. The van der Waals surface area contributed by atoms with Gasteiger partial charge in [-0.05, 0) is 51.1 Å². The van der Waals surface area contributed by atoms with E-state index in [2.05, 4.69) is 34.4 Å². The maximum atomic E-state index is 5.50. The van der Waals surface area contributed by atoms with E-state index in [1.807, 2.05) is 25.2 Å². The Kier molecular flexibility index (Phi) is 8.04. The van der Waals surface area contributed by atoms with Crippen molar-refractivity contribution in [1.29, 1.82) is 0 Å². The highest BCUT2D eigenvalue weighted by molar-refractivity contribution is 5.80. The van der Waals surface area contributed by atoms with Crippen LogP contribution in [0, 0.1) is 0 Å². The molecule has 0 radical (unpaired) electrons. The van der Waals surface area contributed by atoms with Gasteiger partial charge in [0.1, 0.15) is 11.5 Å². The molecule has 1 aromatic rings. The quantitative estimate of drug-likeness (QED) is 0.577. The average Bonchev–Trinajstić information content (AvgIpc) is 2.70. The zero-order chi connectivity index (χ0) is 18.9. The molecule has 2 unspecified atom stereocenters. The fourth-order valence-electron chi connectivity index (χ4n) is 3.58. The number of hydrogen-bond donors (Lipinski definition) is 2. The smallest absolute Gasteiger partial charge is 0.191 e. The number of nitrogens with zero attached hydrogens (tertiary/aromatic N) is 2. The molecule has 0 spiro atoms. The van der Waals surface area contributed by atoms with Crippen LogP contribution >= 0.6 is 0 Å². The van der Waals surface area contributed by atoms with E-state index < -0.39 is 0 Å². The van der Waals surface area contributed by atoms with Crippen LogP contribution in [0.1, 0.15) is 44.7 Å². The summed E-state index contributed by atoms with van der Waals surface area (Å²) in [6.45, 7) is 7.56. The van der Waals surface area contributed by atoms with Crippen LogP contribution < -0.4 is 20.1 Å². The molecule has 1 aliphatic rings. The highest BCUT2D eigenvalue weighted by Gasteiger charge is 2.21. The minimum atomic E-state index is 0.0416. The van der Waals surface area contributed by atoms with Gasteiger partial charge in [-0.3, -0.25) is 9.89 Å². The number of ether oxygens (including phenoxy) is 2. The lowest BCUT2D eigenvalue weighted by Gasteiger charge is -2.35. The molecule has 0 saturated carbocycles. The molecule has 1 saturated heterocycles. The van der Waals surface area contributed by atoms with Gasteiger partial charge in [-0.15, -0.1) is 0 Å². The lowest BCUT2D eigenvalue weighted by Crippen LogP contribution is -2.49. The molecule has 1 aromatic carbocycles. The Morgan fingerprint density at radius 3 is 2.77 bits per heavy atom. The molecule has 0 aromatic heterocycles. The Morgan fingerprint density at radius 2 is 2.12 bits per heavy atom. The van der Waals surface area contributed by atoms with Crippen molar-refractivity contribution in [2.24, 2.45) is 4.99 Å². The number of likely N-dealkylation sites (N-methyl/N-ethyl adjacent to an activating group) is 1. The summed E-state index contributed by atoms with van der Waals surface area (Å²) in [6.07, 6.45) is 3.87. The predicted molar refractivity (Wildman–Crippen MR) is 107 cm³/mol. The molecule has 0 amide bonds. The summed E-state index contributed by atoms with van der Waals surface area (Å²) in [4.78, 5) is 6.94. The summed E-state index contributed by atoms with van der Waals surface area (Å²) < 4.78 is 10.9. The Balaban J connectivity index is 1.99. The number of aliphatic imine (C=N–C) groups is 1. The summed E-state index contributed by atoms with van der Waals surface area (Å²) in [5.74, 6) is 2.47. The molecule has 1 aliphatic heterocycles. The molecule has 6 heteroatoms. The zero-order valence-corrected chi connectivity index (χ0v) is 16.8. The molecule has 1 heterocycles. The van der Waals surface area contributed by atoms with E-state index in [1.165, 1.54) is 25.8 Å². The average molecular weight is 363 g/mol. The first-order chi connectivity index (χ1) is 12.6. The number of likely N-dealkylation sites (tertiary alicyclic amines) is 1. The van der Waals surface area contributed by atoms with E-state index in [9.17, 15) is 0 Å². The normalized spacial score (nSPS) is 19.7. The lowest BCUT2D eigenvalue weighted by atomic mass is 10.0. The van der Waals surface area contributed by atoms with Crippen LogP contribution in [0.4, 0.5) is 0 Å². The molecule has 146 valence electrons. The Morgan fingerprint density at radius 1 is 1.31 bits per heavy atom. The zero-order valence-electron chi connectivity index (χ0n) is 16.8. The van der Waals surface area contributed by atoms with Gasteiger partial charge in [0.25, 0.3) is 0 Å². The number of benzene rings is 1. The van der Waals surface area contributed by atoms with Crippen molar-refractivity contribution in [2.75, 3.05) is 40.9 Å². The van der Waals surface area contributed by atoms with Crippen molar-refractivity contribution in [1.82, 2.24) is 15.5 Å². The minimum absolute atomic E-state index is 0.0416. The Bertz CT molecular complexity index is 591. The van der Waals surface area contributed by atoms with Crippen LogP contribution in [0.5, 0.6) is 11.5 Å². The van der Waals surface area contributed by atoms with Gasteiger partial charge >= 0.3 is 0 Å². The van der Waals surface area contributed by atoms with Crippen molar-refractivity contribution in [2.45, 2.75) is 45.2 Å². The topological polar surface area (TPSA) is 58.1 Å². The summed E-state index contributed by atoms with van der Waals surface area (Å²) in [5, 5.41) is 6.96. The van der Waals surface area contributed by atoms with Gasteiger partial charge in [-0.1, -0.05) is 13.3 Å². The standard InChI is InChI=1S/C20H34N4O2/c1-6-24-12-8-7-9-16(24)14-22-20(21-3)23-15(2)18-13-17(25-4)10-11-19(18)26-5/h10-11,13,15-16H,6-9,12,14H2,1-5H3,(H2,21,22,23). The lowest BCUT2D eigenvalue weighted by molar-refractivity contribution is 0.157. The first-order valence-electron chi connectivity index (χ1n) is 9.56. The number of nitrogens with one attached hydrogen (secondary N) is 2. The van der Waals surface area contributed by atoms with Gasteiger partial charge in [0.15, 0.2) is 5.96 Å². The summed E-state index contributed by atoms with van der Waals surface area (Å²) in [6, 6.07) is 6.46. The highest BCUT2D eigenvalue weighted by atomic mass is 16.5. The van der Waals surface area contributed by atoms with Crippen molar-refractivity contribution in [3.63, 3.8) is 0 Å². The number of hydrogen-bond acceptors (Lipinski definition) is 4. The van der Waals surface area contributed by atoms with Crippen molar-refractivity contribution in [3.8, 4) is 11.5 Å². The van der Waals surface area contributed by atoms with Crippen molar-refractivity contribution >= 4 is 5.96 Å². The molecular weight excluding hydrogens is 328 g/mol. The van der Waals surface area contributed by atoms with Crippen LogP contribution in [-0.4, -0.2) is 57.8 Å². The third-order valence-electron chi connectivity index (χ3n) is 5.14. The molecule has 2 N–H and O–H groups in total. The Hall–Kier alpha value is -1.95. The molecule has 2 rings (SSSR count). The molecular formula is C20H34N4O2. The van der Waals surface area contributed by atoms with Crippen LogP contribution in [0.3, 0.4) is 0 Å². The van der Waals surface area contributed by atoms with Gasteiger partial charge in [-0.2, -0.15) is 0 Å². The number of methoxy groups -OCH3 is 2. The van der Waals surface area contributed by atoms with Gasteiger partial charge in [0, 0.05) is 25.2 Å². The molecule has 0 bridgehead atoms.